The maximum Gasteiger partial charge on any atom is 0.0772 e. The molecule has 0 aromatic heterocycles. The molecule has 2 nitrogen and oxygen atoms in total. The van der Waals surface area contributed by atoms with Crippen LogP contribution in [0.3, 0.4) is 0 Å². The fourth-order valence-electron chi connectivity index (χ4n) is 0.214. The zero-order valence-corrected chi connectivity index (χ0v) is 4.57. The van der Waals surface area contributed by atoms with Crippen molar-refractivity contribution in [1.82, 2.24) is 5.32 Å². The highest BCUT2D eigenvalue weighted by molar-refractivity contribution is 5.24. The topological polar surface area (TPSA) is 24.4 Å². The van der Waals surface area contributed by atoms with Crippen LogP contribution in [0.5, 0.6) is 0 Å². The lowest BCUT2D eigenvalue weighted by Gasteiger charge is -1.95. The molecule has 0 aliphatic rings. The van der Waals surface area contributed by atoms with Gasteiger partial charge in [0.25, 0.3) is 0 Å². The van der Waals surface area contributed by atoms with E-state index in [9.17, 15) is 0 Å². The molecule has 1 N–H and O–H groups in total. The minimum atomic E-state index is 0.608. The molecule has 0 fully saturated rings. The van der Waals surface area contributed by atoms with Gasteiger partial charge in [0.1, 0.15) is 0 Å². The van der Waals surface area contributed by atoms with Crippen molar-refractivity contribution >= 4 is 6.72 Å². The fraction of sp³-hybridized carbons (Fsp3) is 0.400. The molecule has 0 aromatic carbocycles. The monoisotopic (exact) mass is 98.1 g/mol. The maximum atomic E-state index is 3.62. The van der Waals surface area contributed by atoms with Crippen molar-refractivity contribution in [3.8, 4) is 0 Å². The minimum absolute atomic E-state index is 0.608. The molecule has 7 heavy (non-hydrogen) atoms. The van der Waals surface area contributed by atoms with Crippen molar-refractivity contribution in [2.75, 3.05) is 13.6 Å². The van der Waals surface area contributed by atoms with Crippen LogP contribution in [0.15, 0.2) is 17.3 Å². The zero-order valence-electron chi connectivity index (χ0n) is 4.57. The molecule has 0 rings (SSSR count). The molecule has 0 spiro atoms. The third-order valence-electron chi connectivity index (χ3n) is 0.656. The summed E-state index contributed by atoms with van der Waals surface area (Å²) in [4.78, 5) is 3.59. The quantitative estimate of drug-likeness (QED) is 0.508. The van der Waals surface area contributed by atoms with Gasteiger partial charge in [0, 0.05) is 12.7 Å². The summed E-state index contributed by atoms with van der Waals surface area (Å²) in [6, 6.07) is 0. The second-order valence-corrected chi connectivity index (χ2v) is 1.24. The summed E-state index contributed by atoms with van der Waals surface area (Å²) in [5, 5.41) is 2.84. The number of rotatable bonds is 3. The largest absolute Gasteiger partial charge is 0.390 e. The standard InChI is InChI=1S/C5H10N2/c1-5(7-3)4-6-2/h7H,1-2,4H2,3H3. The van der Waals surface area contributed by atoms with E-state index in [0.29, 0.717) is 6.54 Å². The summed E-state index contributed by atoms with van der Waals surface area (Å²) >= 11 is 0. The first-order valence-electron chi connectivity index (χ1n) is 2.09. The lowest BCUT2D eigenvalue weighted by Crippen LogP contribution is -2.06. The highest BCUT2D eigenvalue weighted by atomic mass is 14.9. The van der Waals surface area contributed by atoms with Crippen molar-refractivity contribution in [3.05, 3.63) is 12.3 Å². The van der Waals surface area contributed by atoms with E-state index in [4.69, 9.17) is 0 Å². The van der Waals surface area contributed by atoms with Gasteiger partial charge in [0.15, 0.2) is 0 Å². The van der Waals surface area contributed by atoms with E-state index in [-0.39, 0.29) is 0 Å². The third-order valence-corrected chi connectivity index (χ3v) is 0.656. The molecule has 2 heteroatoms. The summed E-state index contributed by atoms with van der Waals surface area (Å²) < 4.78 is 0. The van der Waals surface area contributed by atoms with Crippen LogP contribution in [0.4, 0.5) is 0 Å². The first kappa shape index (κ1) is 6.21. The van der Waals surface area contributed by atoms with Crippen LogP contribution in [0.25, 0.3) is 0 Å². The third kappa shape index (κ3) is 3.03. The van der Waals surface area contributed by atoms with Crippen LogP contribution in [-0.4, -0.2) is 20.3 Å². The second kappa shape index (κ2) is 3.40. The zero-order chi connectivity index (χ0) is 5.70. The molecule has 0 aliphatic carbocycles. The van der Waals surface area contributed by atoms with Crippen LogP contribution < -0.4 is 5.32 Å². The van der Waals surface area contributed by atoms with Gasteiger partial charge in [0.2, 0.25) is 0 Å². The number of hydrogen-bond acceptors (Lipinski definition) is 2. The summed E-state index contributed by atoms with van der Waals surface area (Å²) in [7, 11) is 1.81. The van der Waals surface area contributed by atoms with Crippen molar-refractivity contribution in [2.45, 2.75) is 0 Å². The first-order chi connectivity index (χ1) is 3.31. The molecule has 0 amide bonds. The summed E-state index contributed by atoms with van der Waals surface area (Å²) in [5.41, 5.74) is 0.898. The van der Waals surface area contributed by atoms with Crippen LogP contribution >= 0.6 is 0 Å². The average molecular weight is 98.1 g/mol. The van der Waals surface area contributed by atoms with Gasteiger partial charge in [0.05, 0.1) is 6.54 Å². The first-order valence-corrected chi connectivity index (χ1v) is 2.09. The van der Waals surface area contributed by atoms with Crippen molar-refractivity contribution in [3.63, 3.8) is 0 Å². The number of aliphatic imine (C=N–C) groups is 1. The van der Waals surface area contributed by atoms with E-state index in [1.54, 1.807) is 0 Å². The lowest BCUT2D eigenvalue weighted by atomic mass is 10.5. The van der Waals surface area contributed by atoms with Crippen LogP contribution in [0, 0.1) is 0 Å². The molecule has 0 aromatic rings. The van der Waals surface area contributed by atoms with Gasteiger partial charge in [-0.15, -0.1) is 0 Å². The summed E-state index contributed by atoms with van der Waals surface area (Å²) in [5.74, 6) is 0. The number of likely N-dealkylation sites (N-methyl/N-ethyl adjacent to an activating group) is 1. The molecule has 0 radical (unpaired) electrons. The van der Waals surface area contributed by atoms with Gasteiger partial charge in [-0.2, -0.15) is 0 Å². The van der Waals surface area contributed by atoms with Crippen LogP contribution in [0.2, 0.25) is 0 Å². The Bertz CT molecular complexity index is 76.1. The van der Waals surface area contributed by atoms with Gasteiger partial charge < -0.3 is 5.32 Å². The van der Waals surface area contributed by atoms with Gasteiger partial charge in [-0.25, -0.2) is 0 Å². The highest BCUT2D eigenvalue weighted by Gasteiger charge is 1.79. The Morgan fingerprint density at radius 3 is 2.57 bits per heavy atom. The maximum absolute atomic E-state index is 3.62. The molecular formula is C5H10N2. The number of hydrogen-bond donors (Lipinski definition) is 1. The Hall–Kier alpha value is -0.790. The van der Waals surface area contributed by atoms with E-state index in [1.807, 2.05) is 7.05 Å². The molecule has 40 valence electrons. The molecule has 0 atom stereocenters. The molecule has 0 unspecified atom stereocenters. The average Bonchev–Trinajstić information content (AvgIpc) is 1.68. The van der Waals surface area contributed by atoms with Crippen LogP contribution in [-0.2, 0) is 0 Å². The Balaban J connectivity index is 3.17. The fourth-order valence-corrected chi connectivity index (χ4v) is 0.214. The van der Waals surface area contributed by atoms with E-state index < -0.39 is 0 Å². The smallest absolute Gasteiger partial charge is 0.0772 e. The van der Waals surface area contributed by atoms with E-state index in [0.717, 1.165) is 5.70 Å². The van der Waals surface area contributed by atoms with E-state index in [1.165, 1.54) is 0 Å². The molecule has 0 aliphatic heterocycles. The molecule has 0 saturated heterocycles. The Labute approximate surface area is 44.0 Å². The Morgan fingerprint density at radius 1 is 1.86 bits per heavy atom. The second-order valence-electron chi connectivity index (χ2n) is 1.24. The highest BCUT2D eigenvalue weighted by Crippen LogP contribution is 1.78. The van der Waals surface area contributed by atoms with E-state index in [2.05, 4.69) is 23.6 Å². The molecule has 0 saturated carbocycles. The normalized spacial score (nSPS) is 7.57. The predicted molar refractivity (Wildman–Crippen MR) is 32.6 cm³/mol. The van der Waals surface area contributed by atoms with E-state index >= 15 is 0 Å². The summed E-state index contributed by atoms with van der Waals surface area (Å²) in [6.45, 7) is 7.52. The SMILES string of the molecule is C=NCC(=C)NC. The molecule has 0 heterocycles. The Kier molecular flexibility index (Phi) is 3.02. The van der Waals surface area contributed by atoms with Gasteiger partial charge >= 0.3 is 0 Å². The summed E-state index contributed by atoms with van der Waals surface area (Å²) in [6.07, 6.45) is 0. The van der Waals surface area contributed by atoms with Gasteiger partial charge in [-0.3, -0.25) is 4.99 Å². The lowest BCUT2D eigenvalue weighted by molar-refractivity contribution is 0.938. The predicted octanol–water partition coefficient (Wildman–Crippen LogP) is 0.420. The number of nitrogens with one attached hydrogen (secondary N) is 1. The van der Waals surface area contributed by atoms with Crippen molar-refractivity contribution in [1.29, 1.82) is 0 Å². The van der Waals surface area contributed by atoms with Crippen LogP contribution in [0.1, 0.15) is 0 Å². The Morgan fingerprint density at radius 2 is 2.43 bits per heavy atom. The minimum Gasteiger partial charge on any atom is -0.390 e. The van der Waals surface area contributed by atoms with Crippen molar-refractivity contribution in [2.24, 2.45) is 4.99 Å². The van der Waals surface area contributed by atoms with Crippen molar-refractivity contribution < 1.29 is 0 Å². The number of nitrogens with zero attached hydrogens (tertiary/aromatic N) is 1. The molecular weight excluding hydrogens is 88.1 g/mol. The van der Waals surface area contributed by atoms with Gasteiger partial charge in [-0.1, -0.05) is 6.58 Å². The van der Waals surface area contributed by atoms with Gasteiger partial charge in [-0.05, 0) is 6.72 Å². The molecule has 0 bridgehead atoms.